The number of nitrogens with zero attached hydrogens (tertiary/aromatic N) is 2. The summed E-state index contributed by atoms with van der Waals surface area (Å²) in [5.41, 5.74) is 2.50. The number of aromatic nitrogens is 2. The van der Waals surface area contributed by atoms with E-state index in [4.69, 9.17) is 4.74 Å². The van der Waals surface area contributed by atoms with Gasteiger partial charge in [-0.3, -0.25) is 0 Å². The fraction of sp³-hybridized carbons (Fsp3) is 0.588. The molecular formula is C17H27N3O. The Bertz CT molecular complexity index is 569. The van der Waals surface area contributed by atoms with Crippen LogP contribution in [0.3, 0.4) is 0 Å². The molecular weight excluding hydrogens is 262 g/mol. The third kappa shape index (κ3) is 4.55. The van der Waals surface area contributed by atoms with E-state index in [9.17, 15) is 0 Å². The van der Waals surface area contributed by atoms with Crippen LogP contribution in [0.1, 0.15) is 39.7 Å². The minimum Gasteiger partial charge on any atom is -0.382 e. The number of nitrogens with one attached hydrogen (secondary N) is 1. The first-order valence-electron chi connectivity index (χ1n) is 7.77. The van der Waals surface area contributed by atoms with E-state index < -0.39 is 0 Å². The molecule has 0 aliphatic carbocycles. The third-order valence-electron chi connectivity index (χ3n) is 3.42. The van der Waals surface area contributed by atoms with Crippen molar-refractivity contribution in [2.24, 2.45) is 0 Å². The third-order valence-corrected chi connectivity index (χ3v) is 3.42. The molecule has 4 nitrogen and oxygen atoms in total. The molecule has 0 amide bonds. The van der Waals surface area contributed by atoms with E-state index in [1.165, 1.54) is 10.9 Å². The quantitative estimate of drug-likeness (QED) is 0.795. The summed E-state index contributed by atoms with van der Waals surface area (Å²) in [5.74, 6) is 0. The van der Waals surface area contributed by atoms with Gasteiger partial charge in [0.1, 0.15) is 5.65 Å². The molecule has 0 radical (unpaired) electrons. The van der Waals surface area contributed by atoms with E-state index in [0.29, 0.717) is 0 Å². The molecule has 116 valence electrons. The average molecular weight is 289 g/mol. The van der Waals surface area contributed by atoms with E-state index in [2.05, 4.69) is 47.9 Å². The molecule has 1 N–H and O–H groups in total. The molecule has 2 heterocycles. The highest BCUT2D eigenvalue weighted by Crippen LogP contribution is 2.20. The van der Waals surface area contributed by atoms with Crippen molar-refractivity contribution in [3.05, 3.63) is 30.1 Å². The molecule has 0 aromatic carbocycles. The Morgan fingerprint density at radius 2 is 2.14 bits per heavy atom. The topological polar surface area (TPSA) is 39.1 Å². The molecule has 0 aliphatic rings. The van der Waals surface area contributed by atoms with Crippen molar-refractivity contribution in [1.82, 2.24) is 14.9 Å². The van der Waals surface area contributed by atoms with Crippen LogP contribution in [0.2, 0.25) is 0 Å². The Morgan fingerprint density at radius 1 is 1.33 bits per heavy atom. The molecule has 0 unspecified atom stereocenters. The van der Waals surface area contributed by atoms with Crippen molar-refractivity contribution < 1.29 is 4.74 Å². The first-order chi connectivity index (χ1) is 10.0. The average Bonchev–Trinajstić information content (AvgIpc) is 2.79. The summed E-state index contributed by atoms with van der Waals surface area (Å²) < 4.78 is 7.66. The second kappa shape index (κ2) is 7.05. The SMILES string of the molecule is CCOCCCn1cc(CNC(C)(C)C)c2cccnc21. The van der Waals surface area contributed by atoms with Gasteiger partial charge in [-0.2, -0.15) is 0 Å². The lowest BCUT2D eigenvalue weighted by Crippen LogP contribution is -2.34. The number of hydrogen-bond donors (Lipinski definition) is 1. The summed E-state index contributed by atoms with van der Waals surface area (Å²) >= 11 is 0. The lowest BCUT2D eigenvalue weighted by Gasteiger charge is -2.20. The Balaban J connectivity index is 2.14. The predicted molar refractivity (Wildman–Crippen MR) is 87.4 cm³/mol. The van der Waals surface area contributed by atoms with Crippen LogP contribution in [0.5, 0.6) is 0 Å². The van der Waals surface area contributed by atoms with Gasteiger partial charge in [-0.1, -0.05) is 0 Å². The van der Waals surface area contributed by atoms with Crippen LogP contribution in [0.4, 0.5) is 0 Å². The van der Waals surface area contributed by atoms with Gasteiger partial charge >= 0.3 is 0 Å². The molecule has 0 bridgehead atoms. The number of hydrogen-bond acceptors (Lipinski definition) is 3. The van der Waals surface area contributed by atoms with E-state index in [0.717, 1.165) is 38.4 Å². The summed E-state index contributed by atoms with van der Waals surface area (Å²) in [4.78, 5) is 4.54. The maximum absolute atomic E-state index is 5.42. The minimum atomic E-state index is 0.117. The minimum absolute atomic E-state index is 0.117. The maximum atomic E-state index is 5.42. The lowest BCUT2D eigenvalue weighted by molar-refractivity contribution is 0.142. The molecule has 0 spiro atoms. The number of aryl methyl sites for hydroxylation is 1. The van der Waals surface area contributed by atoms with Crippen LogP contribution in [-0.2, 0) is 17.8 Å². The van der Waals surface area contributed by atoms with Crippen molar-refractivity contribution in [3.63, 3.8) is 0 Å². The summed E-state index contributed by atoms with van der Waals surface area (Å²) in [7, 11) is 0. The van der Waals surface area contributed by atoms with Gasteiger partial charge in [-0.15, -0.1) is 0 Å². The molecule has 21 heavy (non-hydrogen) atoms. The Labute approximate surface area is 127 Å². The van der Waals surface area contributed by atoms with Gasteiger partial charge in [0, 0.05) is 49.6 Å². The number of ether oxygens (including phenoxy) is 1. The van der Waals surface area contributed by atoms with E-state index in [1.807, 2.05) is 19.2 Å². The summed E-state index contributed by atoms with van der Waals surface area (Å²) in [5, 5.41) is 4.80. The number of fused-ring (bicyclic) bond motifs is 1. The van der Waals surface area contributed by atoms with Crippen molar-refractivity contribution >= 4 is 11.0 Å². The molecule has 2 rings (SSSR count). The summed E-state index contributed by atoms with van der Waals surface area (Å²) in [6.45, 7) is 12.0. The van der Waals surface area contributed by atoms with Gasteiger partial charge in [0.15, 0.2) is 0 Å². The number of rotatable bonds is 7. The van der Waals surface area contributed by atoms with Crippen molar-refractivity contribution in [3.8, 4) is 0 Å². The van der Waals surface area contributed by atoms with Crippen molar-refractivity contribution in [2.75, 3.05) is 13.2 Å². The van der Waals surface area contributed by atoms with Crippen LogP contribution in [0.15, 0.2) is 24.5 Å². The van der Waals surface area contributed by atoms with Gasteiger partial charge in [0.2, 0.25) is 0 Å². The highest BCUT2D eigenvalue weighted by atomic mass is 16.5. The Kier molecular flexibility index (Phi) is 5.37. The normalized spacial score (nSPS) is 12.2. The van der Waals surface area contributed by atoms with Crippen LogP contribution < -0.4 is 5.32 Å². The first-order valence-corrected chi connectivity index (χ1v) is 7.77. The predicted octanol–water partition coefficient (Wildman–Crippen LogP) is 3.35. The van der Waals surface area contributed by atoms with Gasteiger partial charge in [0.25, 0.3) is 0 Å². The number of pyridine rings is 1. The van der Waals surface area contributed by atoms with E-state index in [-0.39, 0.29) is 5.54 Å². The van der Waals surface area contributed by atoms with Crippen molar-refractivity contribution in [1.29, 1.82) is 0 Å². The Morgan fingerprint density at radius 3 is 2.86 bits per heavy atom. The molecule has 2 aromatic rings. The molecule has 0 atom stereocenters. The van der Waals surface area contributed by atoms with Crippen LogP contribution in [-0.4, -0.2) is 28.3 Å². The second-order valence-electron chi connectivity index (χ2n) is 6.38. The highest BCUT2D eigenvalue weighted by Gasteiger charge is 2.13. The largest absolute Gasteiger partial charge is 0.382 e. The zero-order valence-electron chi connectivity index (χ0n) is 13.6. The fourth-order valence-electron chi connectivity index (χ4n) is 2.35. The van der Waals surface area contributed by atoms with Crippen LogP contribution in [0, 0.1) is 0 Å². The monoisotopic (exact) mass is 289 g/mol. The van der Waals surface area contributed by atoms with E-state index >= 15 is 0 Å². The lowest BCUT2D eigenvalue weighted by atomic mass is 10.1. The molecule has 2 aromatic heterocycles. The Hall–Kier alpha value is -1.39. The standard InChI is InChI=1S/C17H27N3O/c1-5-21-11-7-10-20-13-14(12-19-17(2,3)4)15-8-6-9-18-16(15)20/h6,8-9,13,19H,5,7,10-12H2,1-4H3. The summed E-state index contributed by atoms with van der Waals surface area (Å²) in [6, 6.07) is 4.16. The molecule has 0 saturated heterocycles. The second-order valence-corrected chi connectivity index (χ2v) is 6.38. The van der Waals surface area contributed by atoms with Gasteiger partial charge in [0.05, 0.1) is 0 Å². The zero-order chi connectivity index (χ0) is 15.3. The van der Waals surface area contributed by atoms with Gasteiger partial charge in [-0.25, -0.2) is 4.98 Å². The van der Waals surface area contributed by atoms with Crippen LogP contribution >= 0.6 is 0 Å². The molecule has 4 heteroatoms. The molecule has 0 saturated carbocycles. The van der Waals surface area contributed by atoms with Gasteiger partial charge < -0.3 is 14.6 Å². The molecule has 0 fully saturated rings. The van der Waals surface area contributed by atoms with Crippen LogP contribution in [0.25, 0.3) is 11.0 Å². The summed E-state index contributed by atoms with van der Waals surface area (Å²) in [6.07, 6.45) is 5.10. The molecule has 0 aliphatic heterocycles. The fourth-order valence-corrected chi connectivity index (χ4v) is 2.35. The van der Waals surface area contributed by atoms with E-state index in [1.54, 1.807) is 0 Å². The smallest absolute Gasteiger partial charge is 0.140 e. The highest BCUT2D eigenvalue weighted by molar-refractivity contribution is 5.80. The van der Waals surface area contributed by atoms with Crippen molar-refractivity contribution in [2.45, 2.75) is 52.7 Å². The first kappa shape index (κ1) is 16.0. The maximum Gasteiger partial charge on any atom is 0.140 e. The zero-order valence-corrected chi connectivity index (χ0v) is 13.6. The van der Waals surface area contributed by atoms with Gasteiger partial charge in [-0.05, 0) is 51.8 Å².